The molecule has 2 atom stereocenters. The molecule has 0 bridgehead atoms. The van der Waals surface area contributed by atoms with E-state index in [0.29, 0.717) is 23.7 Å². The van der Waals surface area contributed by atoms with Crippen LogP contribution in [0, 0.1) is 5.41 Å². The van der Waals surface area contributed by atoms with Crippen LogP contribution in [0.25, 0.3) is 10.9 Å². The number of aromatic nitrogens is 3. The van der Waals surface area contributed by atoms with E-state index < -0.39 is 29.2 Å². The lowest BCUT2D eigenvalue weighted by molar-refractivity contribution is -0.687. The van der Waals surface area contributed by atoms with E-state index in [0.717, 1.165) is 38.4 Å². The first-order chi connectivity index (χ1) is 24.6. The summed E-state index contributed by atoms with van der Waals surface area (Å²) in [5.41, 5.74) is 8.62. The van der Waals surface area contributed by atoms with Crippen LogP contribution >= 0.6 is 46.0 Å². The van der Waals surface area contributed by atoms with E-state index >= 15 is 0 Å². The number of thiazole rings is 1. The number of nitrogens with one attached hydrogen (secondary N) is 3. The minimum absolute atomic E-state index is 0.0188. The number of oxime groups is 1. The fourth-order valence-electron chi connectivity index (χ4n) is 5.91. The Kier molecular flexibility index (Phi) is 9.52. The molecule has 7 rings (SSSR count). The van der Waals surface area contributed by atoms with Crippen LogP contribution in [-0.2, 0) is 32.3 Å². The van der Waals surface area contributed by atoms with Crippen molar-refractivity contribution >= 4 is 97.1 Å². The Balaban J connectivity index is 1.03. The van der Waals surface area contributed by atoms with Gasteiger partial charge in [0.05, 0.1) is 17.4 Å². The van der Waals surface area contributed by atoms with Crippen LogP contribution in [0.2, 0.25) is 4.34 Å². The molecule has 0 saturated carbocycles. The highest BCUT2D eigenvalue weighted by Crippen LogP contribution is 2.40. The number of nitrogens with two attached hydrogens (primary N) is 1. The third-order valence-electron chi connectivity index (χ3n) is 8.21. The average Bonchev–Trinajstić information content (AvgIpc) is 3.84. The standard InChI is InChI=1S/C33H28ClN9O5S3/c1-48-40-24(23-27(34)51-33(36)39-23)29(44)38-25-30(45)43-26(32(46)47)19(16-50-31(25)43)13-41-9-8-22-17(12-41)7-10-42(22)14-21-11-18(15-49-21)28(35)37-20-5-3-2-4-6-20/h2-12,15,25,31H,13-14,16H2,1H3,(H5-,35,36,37,38,39,44,46,47)/p+1/b40-24-/t25-,31-/m1/s1. The molecule has 2 aliphatic heterocycles. The molecule has 1 saturated heterocycles. The van der Waals surface area contributed by atoms with Gasteiger partial charge in [-0.15, -0.1) is 23.1 Å². The van der Waals surface area contributed by atoms with Gasteiger partial charge in [0.1, 0.15) is 40.1 Å². The highest BCUT2D eigenvalue weighted by molar-refractivity contribution is 8.00. The number of thiophene rings is 1. The number of rotatable bonds is 11. The summed E-state index contributed by atoms with van der Waals surface area (Å²) >= 11 is 10.1. The lowest BCUT2D eigenvalue weighted by atomic mass is 10.0. The van der Waals surface area contributed by atoms with E-state index in [4.69, 9.17) is 27.6 Å². The Morgan fingerprint density at radius 3 is 2.78 bits per heavy atom. The van der Waals surface area contributed by atoms with Crippen LogP contribution in [0.3, 0.4) is 0 Å². The lowest BCUT2D eigenvalue weighted by Crippen LogP contribution is -2.71. The number of hydrogen-bond acceptors (Lipinski definition) is 11. The van der Waals surface area contributed by atoms with E-state index in [1.165, 1.54) is 23.8 Å². The molecule has 1 aromatic carbocycles. The first-order valence-corrected chi connectivity index (χ1v) is 18.4. The summed E-state index contributed by atoms with van der Waals surface area (Å²) in [5.74, 6) is -1.88. The number of anilines is 2. The number of carboxylic acids is 1. The molecule has 2 amide bonds. The monoisotopic (exact) mass is 762 g/mol. The van der Waals surface area contributed by atoms with Gasteiger partial charge >= 0.3 is 5.97 Å². The number of pyridine rings is 1. The molecular formula is C33H29ClN9O5S3+. The second kappa shape index (κ2) is 14.2. The predicted octanol–water partition coefficient (Wildman–Crippen LogP) is 3.96. The van der Waals surface area contributed by atoms with Crippen LogP contribution < -0.4 is 20.9 Å². The topological polar surface area (TPSA) is 192 Å². The number of amides is 2. The smallest absolute Gasteiger partial charge is 0.352 e. The third-order valence-corrected chi connectivity index (χ3v) is 11.6. The largest absolute Gasteiger partial charge is 0.477 e. The number of carbonyl (C=O) groups is 3. The number of aliphatic carboxylic acids is 1. The molecule has 0 aliphatic carbocycles. The number of amidine groups is 1. The quantitative estimate of drug-likeness (QED) is 0.0436. The third kappa shape index (κ3) is 6.80. The van der Waals surface area contributed by atoms with E-state index in [-0.39, 0.29) is 33.1 Å². The number of hydrogen-bond donors (Lipinski definition) is 5. The molecule has 260 valence electrons. The number of nitrogens with zero attached hydrogens (tertiary/aromatic N) is 5. The van der Waals surface area contributed by atoms with E-state index in [9.17, 15) is 19.5 Å². The molecule has 0 unspecified atom stereocenters. The molecular weight excluding hydrogens is 734 g/mol. The normalized spacial score (nSPS) is 17.3. The SMILES string of the molecule is CO/N=C(\C(=O)N[C@@H]1C(=O)N2C(C(=O)O)=C(C[n+]3ccc4c(ccn4Cc4cc(C(=N)Nc5ccccc5)cs4)c3)CS[C@H]12)c1nc(N)sc1Cl. The van der Waals surface area contributed by atoms with Crippen molar-refractivity contribution in [3.8, 4) is 0 Å². The summed E-state index contributed by atoms with van der Waals surface area (Å²) < 4.78 is 4.15. The minimum Gasteiger partial charge on any atom is -0.477 e. The molecule has 2 aliphatic rings. The second-order valence-corrected chi connectivity index (χ2v) is 15.2. The summed E-state index contributed by atoms with van der Waals surface area (Å²) in [6.07, 6.45) is 5.83. The van der Waals surface area contributed by atoms with Crippen molar-refractivity contribution in [3.63, 3.8) is 0 Å². The molecule has 6 N–H and O–H groups in total. The number of thioether (sulfide) groups is 1. The molecule has 18 heteroatoms. The summed E-state index contributed by atoms with van der Waals surface area (Å²) in [5, 5.41) is 30.6. The molecule has 6 heterocycles. The van der Waals surface area contributed by atoms with Crippen molar-refractivity contribution in [2.45, 2.75) is 24.5 Å². The molecule has 51 heavy (non-hydrogen) atoms. The Bertz CT molecular complexity index is 2270. The minimum atomic E-state index is -1.23. The van der Waals surface area contributed by atoms with E-state index in [1.54, 1.807) is 11.3 Å². The number of halogens is 1. The van der Waals surface area contributed by atoms with Crippen molar-refractivity contribution in [2.24, 2.45) is 5.16 Å². The van der Waals surface area contributed by atoms with Crippen molar-refractivity contribution in [1.82, 2.24) is 19.8 Å². The zero-order valence-electron chi connectivity index (χ0n) is 26.7. The van der Waals surface area contributed by atoms with Gasteiger partial charge in [-0.3, -0.25) is 19.9 Å². The molecule has 0 radical (unpaired) electrons. The molecule has 0 spiro atoms. The highest BCUT2D eigenvalue weighted by atomic mass is 35.5. The zero-order chi connectivity index (χ0) is 35.8. The van der Waals surface area contributed by atoms with Crippen molar-refractivity contribution in [2.75, 3.05) is 23.9 Å². The van der Waals surface area contributed by atoms with Gasteiger partial charge in [0.15, 0.2) is 29.8 Å². The number of benzene rings is 1. The van der Waals surface area contributed by atoms with Crippen LogP contribution in [0.5, 0.6) is 0 Å². The molecule has 5 aromatic rings. The first-order valence-electron chi connectivity index (χ1n) is 15.3. The van der Waals surface area contributed by atoms with Gasteiger partial charge in [0.25, 0.3) is 11.8 Å². The van der Waals surface area contributed by atoms with Gasteiger partial charge in [-0.1, -0.05) is 46.3 Å². The molecule has 14 nitrogen and oxygen atoms in total. The number of nitrogen functional groups attached to an aromatic ring is 1. The lowest BCUT2D eigenvalue weighted by Gasteiger charge is -2.49. The summed E-state index contributed by atoms with van der Waals surface area (Å²) in [4.78, 5) is 50.2. The van der Waals surface area contributed by atoms with Gasteiger partial charge in [-0.05, 0) is 24.3 Å². The second-order valence-electron chi connectivity index (χ2n) is 11.5. The van der Waals surface area contributed by atoms with Gasteiger partial charge in [-0.2, -0.15) is 0 Å². The van der Waals surface area contributed by atoms with Crippen LogP contribution in [0.15, 0.2) is 88.9 Å². The van der Waals surface area contributed by atoms with Gasteiger partial charge in [-0.25, -0.2) is 14.3 Å². The fourth-order valence-corrected chi connectivity index (χ4v) is 9.05. The van der Waals surface area contributed by atoms with Gasteiger partial charge < -0.3 is 30.9 Å². The maximum atomic E-state index is 13.3. The Labute approximate surface area is 307 Å². The van der Waals surface area contributed by atoms with E-state index in [2.05, 4.69) is 25.3 Å². The molecule has 4 aromatic heterocycles. The first kappa shape index (κ1) is 34.2. The number of para-hydroxylation sites is 1. The van der Waals surface area contributed by atoms with Crippen LogP contribution in [0.1, 0.15) is 16.1 Å². The zero-order valence-corrected chi connectivity index (χ0v) is 29.9. The maximum absolute atomic E-state index is 13.3. The van der Waals surface area contributed by atoms with Crippen LogP contribution in [-0.4, -0.2) is 73.2 Å². The van der Waals surface area contributed by atoms with Gasteiger partial charge in [0, 0.05) is 45.1 Å². The van der Waals surface area contributed by atoms with Crippen molar-refractivity contribution < 1.29 is 28.9 Å². The number of carboxylic acid groups (broad SMARTS) is 1. The Morgan fingerprint density at radius 1 is 1.25 bits per heavy atom. The summed E-state index contributed by atoms with van der Waals surface area (Å²) in [6, 6.07) is 14.6. The average molecular weight is 763 g/mol. The van der Waals surface area contributed by atoms with Crippen LogP contribution in [0.4, 0.5) is 10.8 Å². The van der Waals surface area contributed by atoms with E-state index in [1.807, 2.05) is 77.1 Å². The molecule has 1 fully saturated rings. The Morgan fingerprint density at radius 2 is 2.06 bits per heavy atom. The summed E-state index contributed by atoms with van der Waals surface area (Å²) in [6.45, 7) is 0.879. The summed E-state index contributed by atoms with van der Waals surface area (Å²) in [7, 11) is 1.25. The number of fused-ring (bicyclic) bond motifs is 2. The van der Waals surface area contributed by atoms with Gasteiger partial charge in [0.2, 0.25) is 0 Å². The van der Waals surface area contributed by atoms with Crippen molar-refractivity contribution in [1.29, 1.82) is 5.41 Å². The highest BCUT2D eigenvalue weighted by Gasteiger charge is 2.55. The Hall–Kier alpha value is -5.23. The fraction of sp³-hybridized carbons (Fsp3) is 0.182. The number of carbonyl (C=O) groups excluding carboxylic acids is 2. The predicted molar refractivity (Wildman–Crippen MR) is 197 cm³/mol. The maximum Gasteiger partial charge on any atom is 0.352 e. The number of β-lactam (4-membered cyclic amide) rings is 1. The van der Waals surface area contributed by atoms with Crippen molar-refractivity contribution in [3.05, 3.63) is 104 Å².